The third-order valence-electron chi connectivity index (χ3n) is 5.56. The lowest BCUT2D eigenvalue weighted by Gasteiger charge is -2.17. The van der Waals surface area contributed by atoms with Crippen LogP contribution in [0.25, 0.3) is 22.1 Å². The normalized spacial score (nSPS) is 10.7. The van der Waals surface area contributed by atoms with E-state index in [2.05, 4.69) is 5.32 Å². The lowest BCUT2D eigenvalue weighted by molar-refractivity contribution is 0.102. The second-order valence-corrected chi connectivity index (χ2v) is 7.96. The first-order valence-electron chi connectivity index (χ1n) is 12.1. The average molecular weight is 504 g/mol. The van der Waals surface area contributed by atoms with Crippen molar-refractivity contribution in [3.8, 4) is 34.1 Å². The van der Waals surface area contributed by atoms with Gasteiger partial charge in [-0.05, 0) is 57.2 Å². The molecule has 0 radical (unpaired) electrons. The molecular formula is C29H29NO7. The fourth-order valence-electron chi connectivity index (χ4n) is 3.96. The fourth-order valence-corrected chi connectivity index (χ4v) is 3.96. The van der Waals surface area contributed by atoms with Gasteiger partial charge in [-0.1, -0.05) is 18.2 Å². The lowest BCUT2D eigenvalue weighted by Crippen LogP contribution is -2.13. The first-order valence-corrected chi connectivity index (χ1v) is 12.1. The molecule has 4 rings (SSSR count). The number of fused-ring (bicyclic) bond motifs is 1. The van der Waals surface area contributed by atoms with Crippen LogP contribution >= 0.6 is 0 Å². The van der Waals surface area contributed by atoms with E-state index in [1.807, 2.05) is 39.0 Å². The minimum atomic E-state index is -0.477. The molecule has 1 aromatic heterocycles. The zero-order valence-corrected chi connectivity index (χ0v) is 21.3. The second kappa shape index (κ2) is 11.5. The summed E-state index contributed by atoms with van der Waals surface area (Å²) in [5.41, 5.74) is 1.78. The lowest BCUT2D eigenvalue weighted by atomic mass is 10.0. The van der Waals surface area contributed by atoms with Crippen LogP contribution in [0.5, 0.6) is 23.0 Å². The maximum Gasteiger partial charge on any atom is 0.344 e. The molecule has 1 amide bonds. The fraction of sp³-hybridized carbons (Fsp3) is 0.241. The van der Waals surface area contributed by atoms with Crippen molar-refractivity contribution in [3.05, 3.63) is 76.6 Å². The summed E-state index contributed by atoms with van der Waals surface area (Å²) in [6.45, 7) is 6.80. The highest BCUT2D eigenvalue weighted by Gasteiger charge is 2.19. The van der Waals surface area contributed by atoms with Crippen molar-refractivity contribution in [1.29, 1.82) is 0 Å². The Morgan fingerprint density at radius 1 is 0.811 bits per heavy atom. The molecule has 1 N–H and O–H groups in total. The number of rotatable bonds is 10. The highest BCUT2D eigenvalue weighted by molar-refractivity contribution is 6.05. The highest BCUT2D eigenvalue weighted by Crippen LogP contribution is 2.39. The van der Waals surface area contributed by atoms with E-state index in [4.69, 9.17) is 23.4 Å². The molecule has 0 atom stereocenters. The number of benzene rings is 3. The predicted octanol–water partition coefficient (Wildman–Crippen LogP) is 5.92. The Labute approximate surface area is 214 Å². The third-order valence-corrected chi connectivity index (χ3v) is 5.56. The van der Waals surface area contributed by atoms with Gasteiger partial charge in [0, 0.05) is 28.3 Å². The summed E-state index contributed by atoms with van der Waals surface area (Å²) < 4.78 is 28.2. The molecule has 192 valence electrons. The van der Waals surface area contributed by atoms with Crippen LogP contribution in [0.3, 0.4) is 0 Å². The van der Waals surface area contributed by atoms with Crippen LogP contribution in [0.4, 0.5) is 5.69 Å². The van der Waals surface area contributed by atoms with Gasteiger partial charge in [-0.25, -0.2) is 4.79 Å². The van der Waals surface area contributed by atoms with Gasteiger partial charge in [-0.3, -0.25) is 4.79 Å². The number of nitrogens with one attached hydrogen (secondary N) is 1. The SMILES string of the molecule is CCOc1cc(C(=O)Nc2ccc(-c3cc4ccccc4oc3=O)c(OC)c2)cc(OCC)c1OCC. The van der Waals surface area contributed by atoms with Gasteiger partial charge in [0.15, 0.2) is 11.5 Å². The van der Waals surface area contributed by atoms with Crippen LogP contribution in [-0.4, -0.2) is 32.8 Å². The molecule has 0 spiro atoms. The molecule has 8 heteroatoms. The number of anilines is 1. The van der Waals surface area contributed by atoms with E-state index in [1.54, 1.807) is 42.5 Å². The molecule has 0 aliphatic heterocycles. The van der Waals surface area contributed by atoms with Crippen LogP contribution in [-0.2, 0) is 0 Å². The zero-order valence-electron chi connectivity index (χ0n) is 21.3. The number of hydrogen-bond acceptors (Lipinski definition) is 7. The molecule has 0 aliphatic rings. The predicted molar refractivity (Wildman–Crippen MR) is 142 cm³/mol. The van der Waals surface area contributed by atoms with Crippen LogP contribution < -0.4 is 29.9 Å². The topological polar surface area (TPSA) is 96.2 Å². The third kappa shape index (κ3) is 5.53. The van der Waals surface area contributed by atoms with Crippen molar-refractivity contribution in [3.63, 3.8) is 0 Å². The van der Waals surface area contributed by atoms with E-state index in [0.29, 0.717) is 70.8 Å². The molecule has 8 nitrogen and oxygen atoms in total. The summed E-state index contributed by atoms with van der Waals surface area (Å²) in [7, 11) is 1.50. The zero-order chi connectivity index (χ0) is 26.4. The minimum absolute atomic E-state index is 0.341. The van der Waals surface area contributed by atoms with Gasteiger partial charge in [0.1, 0.15) is 11.3 Å². The number of ether oxygens (including phenoxy) is 4. The Hall–Kier alpha value is -4.46. The van der Waals surface area contributed by atoms with Crippen LogP contribution in [0.1, 0.15) is 31.1 Å². The Balaban J connectivity index is 1.66. The molecule has 0 saturated heterocycles. The van der Waals surface area contributed by atoms with E-state index >= 15 is 0 Å². The summed E-state index contributed by atoms with van der Waals surface area (Å²) in [6.07, 6.45) is 0. The molecule has 0 aliphatic carbocycles. The van der Waals surface area contributed by atoms with E-state index in [0.717, 1.165) is 5.39 Å². The van der Waals surface area contributed by atoms with E-state index in [-0.39, 0.29) is 5.91 Å². The van der Waals surface area contributed by atoms with Gasteiger partial charge in [0.05, 0.1) is 32.5 Å². The van der Waals surface area contributed by atoms with Crippen molar-refractivity contribution >= 4 is 22.6 Å². The summed E-state index contributed by atoms with van der Waals surface area (Å²) in [5.74, 6) is 1.36. The highest BCUT2D eigenvalue weighted by atomic mass is 16.5. The van der Waals surface area contributed by atoms with Gasteiger partial charge in [0.2, 0.25) is 5.75 Å². The maximum absolute atomic E-state index is 13.2. The van der Waals surface area contributed by atoms with Crippen molar-refractivity contribution < 1.29 is 28.2 Å². The first kappa shape index (κ1) is 25.6. The summed E-state index contributed by atoms with van der Waals surface area (Å²) in [4.78, 5) is 25.9. The standard InChI is InChI=1S/C29H29NO7/c1-5-34-25-15-19(16-26(35-6-2)27(25)36-7-3)28(31)30-20-12-13-21(24(17-20)33-4)22-14-18-10-8-9-11-23(18)37-29(22)32/h8-17H,5-7H2,1-4H3,(H,30,31). The maximum atomic E-state index is 13.2. The quantitative estimate of drug-likeness (QED) is 0.269. The monoisotopic (exact) mass is 503 g/mol. The van der Waals surface area contributed by atoms with Gasteiger partial charge in [0.25, 0.3) is 5.91 Å². The molecule has 0 unspecified atom stereocenters. The number of para-hydroxylation sites is 1. The van der Waals surface area contributed by atoms with E-state index < -0.39 is 5.63 Å². The summed E-state index contributed by atoms with van der Waals surface area (Å²) in [6, 6.07) is 17.4. The summed E-state index contributed by atoms with van der Waals surface area (Å²) in [5, 5.41) is 3.67. The van der Waals surface area contributed by atoms with Gasteiger partial charge in [-0.2, -0.15) is 0 Å². The van der Waals surface area contributed by atoms with Crippen LogP contribution in [0.2, 0.25) is 0 Å². The molecule has 0 fully saturated rings. The van der Waals surface area contributed by atoms with E-state index in [9.17, 15) is 9.59 Å². The van der Waals surface area contributed by atoms with Crippen LogP contribution in [0, 0.1) is 0 Å². The number of carbonyl (C=O) groups excluding carboxylic acids is 1. The second-order valence-electron chi connectivity index (χ2n) is 7.96. The molecule has 3 aromatic carbocycles. The van der Waals surface area contributed by atoms with Gasteiger partial charge < -0.3 is 28.7 Å². The van der Waals surface area contributed by atoms with E-state index in [1.165, 1.54) is 7.11 Å². The largest absolute Gasteiger partial charge is 0.496 e. The van der Waals surface area contributed by atoms with Crippen molar-refractivity contribution in [1.82, 2.24) is 0 Å². The number of methoxy groups -OCH3 is 1. The molecule has 37 heavy (non-hydrogen) atoms. The molecule has 1 heterocycles. The average Bonchev–Trinajstić information content (AvgIpc) is 2.90. The molecule has 0 saturated carbocycles. The molecule has 4 aromatic rings. The number of hydrogen-bond donors (Lipinski definition) is 1. The Kier molecular flexibility index (Phi) is 7.98. The first-order chi connectivity index (χ1) is 18.0. The summed E-state index contributed by atoms with van der Waals surface area (Å²) >= 11 is 0. The van der Waals surface area contributed by atoms with Crippen molar-refractivity contribution in [2.24, 2.45) is 0 Å². The Morgan fingerprint density at radius 2 is 1.49 bits per heavy atom. The van der Waals surface area contributed by atoms with Crippen LogP contribution in [0.15, 0.2) is 69.9 Å². The van der Waals surface area contributed by atoms with Gasteiger partial charge >= 0.3 is 5.63 Å². The smallest absolute Gasteiger partial charge is 0.344 e. The Morgan fingerprint density at radius 3 is 2.14 bits per heavy atom. The van der Waals surface area contributed by atoms with Gasteiger partial charge in [-0.15, -0.1) is 0 Å². The molecule has 0 bridgehead atoms. The number of carbonyl (C=O) groups is 1. The Bertz CT molecular complexity index is 1450. The molecular weight excluding hydrogens is 474 g/mol. The van der Waals surface area contributed by atoms with Crippen molar-refractivity contribution in [2.75, 3.05) is 32.2 Å². The number of amides is 1. The minimum Gasteiger partial charge on any atom is -0.496 e. The van der Waals surface area contributed by atoms with Crippen molar-refractivity contribution in [2.45, 2.75) is 20.8 Å².